The highest BCUT2D eigenvalue weighted by atomic mass is 16.2. The van der Waals surface area contributed by atoms with Crippen LogP contribution in [0.1, 0.15) is 13.8 Å². The molecule has 94 valence electrons. The first kappa shape index (κ1) is 16.7. The maximum atomic E-state index is 10.8. The van der Waals surface area contributed by atoms with E-state index in [0.717, 1.165) is 13.1 Å². The number of nitrogens with two attached hydrogens (primary N) is 2. The van der Waals surface area contributed by atoms with Crippen molar-refractivity contribution in [1.29, 1.82) is 0 Å². The minimum atomic E-state index is -0.833. The molecule has 0 bridgehead atoms. The van der Waals surface area contributed by atoms with E-state index in [1.165, 1.54) is 0 Å². The maximum Gasteiger partial charge on any atom is 0.319 e. The molecule has 4 amide bonds. The Labute approximate surface area is 96.9 Å². The molecule has 0 atom stereocenters. The molecule has 16 heavy (non-hydrogen) atoms. The van der Waals surface area contributed by atoms with Crippen molar-refractivity contribution in [3.63, 3.8) is 0 Å². The molecular formula is C10H22N4O2. The minimum Gasteiger partial charge on any atom is -0.352 e. The summed E-state index contributed by atoms with van der Waals surface area (Å²) < 4.78 is 0. The van der Waals surface area contributed by atoms with Crippen LogP contribution in [0.4, 0.5) is 9.59 Å². The van der Waals surface area contributed by atoms with E-state index in [1.807, 2.05) is 40.1 Å². The molecule has 1 heterocycles. The Morgan fingerprint density at radius 3 is 1.44 bits per heavy atom. The Hall–Kier alpha value is -1.72. The standard InChI is InChI=1S/C5H10N2O.C4H8.CH4N2O/c1-6-3-4-7(2)5(6)8;1-3-4-2;2-1(3)4/h3-4H2,1-2H3;3-4H,1-2H3;(H4,2,3,4). The van der Waals surface area contributed by atoms with Gasteiger partial charge in [0.2, 0.25) is 0 Å². The Kier molecular flexibility index (Phi) is 10.3. The largest absolute Gasteiger partial charge is 0.352 e. The van der Waals surface area contributed by atoms with E-state index in [0.29, 0.717) is 0 Å². The van der Waals surface area contributed by atoms with Crippen molar-refractivity contribution in [3.05, 3.63) is 12.2 Å². The maximum absolute atomic E-state index is 10.8. The van der Waals surface area contributed by atoms with E-state index in [9.17, 15) is 4.79 Å². The van der Waals surface area contributed by atoms with E-state index in [-0.39, 0.29) is 6.03 Å². The Balaban J connectivity index is 0. The molecule has 0 aromatic carbocycles. The summed E-state index contributed by atoms with van der Waals surface area (Å²) in [5, 5.41) is 0. The normalized spacial score (nSPS) is 14.1. The number of likely N-dealkylation sites (N-methyl/N-ethyl adjacent to an activating group) is 2. The van der Waals surface area contributed by atoms with Crippen molar-refractivity contribution in [2.75, 3.05) is 27.2 Å². The number of amides is 4. The second-order valence-corrected chi connectivity index (χ2v) is 3.19. The van der Waals surface area contributed by atoms with Gasteiger partial charge in [-0.05, 0) is 13.8 Å². The first-order valence-corrected chi connectivity index (χ1v) is 4.95. The molecular weight excluding hydrogens is 208 g/mol. The zero-order chi connectivity index (χ0) is 13.1. The van der Waals surface area contributed by atoms with Gasteiger partial charge in [0, 0.05) is 27.2 Å². The molecule has 6 heteroatoms. The second-order valence-electron chi connectivity index (χ2n) is 3.19. The molecule has 1 rings (SSSR count). The van der Waals surface area contributed by atoms with Crippen molar-refractivity contribution in [3.8, 4) is 0 Å². The zero-order valence-electron chi connectivity index (χ0n) is 10.4. The third-order valence-corrected chi connectivity index (χ3v) is 1.76. The first-order chi connectivity index (χ1) is 7.36. The van der Waals surface area contributed by atoms with E-state index >= 15 is 0 Å². The SMILES string of the molecule is CC=CC.CN1CCN(C)C1=O.NC(N)=O. The lowest BCUT2D eigenvalue weighted by molar-refractivity contribution is 0.205. The summed E-state index contributed by atoms with van der Waals surface area (Å²) in [5.41, 5.74) is 8.50. The number of hydrogen-bond donors (Lipinski definition) is 2. The van der Waals surface area contributed by atoms with Gasteiger partial charge in [0.1, 0.15) is 0 Å². The summed E-state index contributed by atoms with van der Waals surface area (Å²) in [6.45, 7) is 5.74. The van der Waals surface area contributed by atoms with Crippen LogP contribution in [0.15, 0.2) is 12.2 Å². The average molecular weight is 230 g/mol. The fourth-order valence-electron chi connectivity index (χ4n) is 0.783. The summed E-state index contributed by atoms with van der Waals surface area (Å²) in [6.07, 6.45) is 4.00. The van der Waals surface area contributed by atoms with Crippen LogP contribution in [-0.2, 0) is 0 Å². The molecule has 1 aliphatic rings. The highest BCUT2D eigenvalue weighted by Crippen LogP contribution is 2.00. The Bertz CT molecular complexity index is 221. The van der Waals surface area contributed by atoms with Crippen LogP contribution in [0, 0.1) is 0 Å². The van der Waals surface area contributed by atoms with Crippen LogP contribution in [0.25, 0.3) is 0 Å². The van der Waals surface area contributed by atoms with Gasteiger partial charge in [0.05, 0.1) is 0 Å². The lowest BCUT2D eigenvalue weighted by atomic mass is 10.6. The highest BCUT2D eigenvalue weighted by Gasteiger charge is 2.20. The fraction of sp³-hybridized carbons (Fsp3) is 0.600. The molecule has 1 fully saturated rings. The molecule has 1 saturated heterocycles. The van der Waals surface area contributed by atoms with E-state index in [1.54, 1.807) is 9.80 Å². The number of urea groups is 2. The fourth-order valence-corrected chi connectivity index (χ4v) is 0.783. The van der Waals surface area contributed by atoms with Gasteiger partial charge >= 0.3 is 12.1 Å². The average Bonchev–Trinajstić information content (AvgIpc) is 2.49. The van der Waals surface area contributed by atoms with Gasteiger partial charge in [0.25, 0.3) is 0 Å². The highest BCUT2D eigenvalue weighted by molar-refractivity contribution is 5.75. The quantitative estimate of drug-likeness (QED) is 0.596. The second kappa shape index (κ2) is 9.82. The molecule has 0 aromatic heterocycles. The van der Waals surface area contributed by atoms with Gasteiger partial charge in [0.15, 0.2) is 0 Å². The summed E-state index contributed by atoms with van der Waals surface area (Å²) in [6, 6.07) is -0.704. The summed E-state index contributed by atoms with van der Waals surface area (Å²) in [5.74, 6) is 0. The molecule has 0 aromatic rings. The smallest absolute Gasteiger partial charge is 0.319 e. The number of hydrogen-bond acceptors (Lipinski definition) is 2. The number of rotatable bonds is 0. The predicted molar refractivity (Wildman–Crippen MR) is 64.9 cm³/mol. The van der Waals surface area contributed by atoms with Crippen molar-refractivity contribution in [2.45, 2.75) is 13.8 Å². The molecule has 4 N–H and O–H groups in total. The van der Waals surface area contributed by atoms with Crippen molar-refractivity contribution >= 4 is 12.1 Å². The van der Waals surface area contributed by atoms with Crippen LogP contribution in [0.3, 0.4) is 0 Å². The van der Waals surface area contributed by atoms with Gasteiger partial charge in [-0.1, -0.05) is 12.2 Å². The van der Waals surface area contributed by atoms with Gasteiger partial charge < -0.3 is 21.3 Å². The number of carbonyl (C=O) groups excluding carboxylic acids is 2. The van der Waals surface area contributed by atoms with Crippen LogP contribution in [0.2, 0.25) is 0 Å². The third-order valence-electron chi connectivity index (χ3n) is 1.76. The zero-order valence-corrected chi connectivity index (χ0v) is 10.4. The number of carbonyl (C=O) groups is 2. The van der Waals surface area contributed by atoms with Crippen molar-refractivity contribution < 1.29 is 9.59 Å². The van der Waals surface area contributed by atoms with Crippen molar-refractivity contribution in [2.24, 2.45) is 11.5 Å². The molecule has 1 aliphatic heterocycles. The van der Waals surface area contributed by atoms with E-state index in [4.69, 9.17) is 4.79 Å². The molecule has 0 saturated carbocycles. The first-order valence-electron chi connectivity index (χ1n) is 4.95. The lowest BCUT2D eigenvalue weighted by Gasteiger charge is -2.07. The van der Waals surface area contributed by atoms with Gasteiger partial charge in [-0.2, -0.15) is 0 Å². The van der Waals surface area contributed by atoms with Gasteiger partial charge in [-0.15, -0.1) is 0 Å². The van der Waals surface area contributed by atoms with Crippen molar-refractivity contribution in [1.82, 2.24) is 9.80 Å². The molecule has 0 radical (unpaired) electrons. The number of primary amides is 2. The summed E-state index contributed by atoms with van der Waals surface area (Å²) in [4.78, 5) is 23.2. The Morgan fingerprint density at radius 1 is 1.12 bits per heavy atom. The monoisotopic (exact) mass is 230 g/mol. The summed E-state index contributed by atoms with van der Waals surface area (Å²) >= 11 is 0. The molecule has 0 unspecified atom stereocenters. The van der Waals surface area contributed by atoms with Gasteiger partial charge in [-0.25, -0.2) is 9.59 Å². The Morgan fingerprint density at radius 2 is 1.38 bits per heavy atom. The number of nitrogens with zero attached hydrogens (tertiary/aromatic N) is 2. The van der Waals surface area contributed by atoms with Crippen LogP contribution in [-0.4, -0.2) is 49.0 Å². The van der Waals surface area contributed by atoms with Crippen LogP contribution in [0.5, 0.6) is 0 Å². The number of allylic oxidation sites excluding steroid dienone is 2. The summed E-state index contributed by atoms with van der Waals surface area (Å²) in [7, 11) is 3.62. The molecule has 0 spiro atoms. The molecule has 6 nitrogen and oxygen atoms in total. The van der Waals surface area contributed by atoms with E-state index < -0.39 is 6.03 Å². The lowest BCUT2D eigenvalue weighted by Crippen LogP contribution is -2.25. The van der Waals surface area contributed by atoms with Crippen LogP contribution < -0.4 is 11.5 Å². The third kappa shape index (κ3) is 10.4. The minimum absolute atomic E-state index is 0.130. The predicted octanol–water partition coefficient (Wildman–Crippen LogP) is 0.590. The topological polar surface area (TPSA) is 92.7 Å². The van der Waals surface area contributed by atoms with E-state index in [2.05, 4.69) is 11.5 Å². The molecule has 0 aliphatic carbocycles. The van der Waals surface area contributed by atoms with Gasteiger partial charge in [-0.3, -0.25) is 0 Å². The van der Waals surface area contributed by atoms with Crippen LogP contribution >= 0.6 is 0 Å².